The second-order valence-corrected chi connectivity index (χ2v) is 4.37. The van der Waals surface area contributed by atoms with E-state index in [-0.39, 0.29) is 5.91 Å². The number of hydrogen-bond donors (Lipinski definition) is 2. The zero-order valence-electron chi connectivity index (χ0n) is 7.84. The van der Waals surface area contributed by atoms with Crippen molar-refractivity contribution in [3.8, 4) is 0 Å². The molecule has 2 atom stereocenters. The molecule has 0 saturated heterocycles. The van der Waals surface area contributed by atoms with Crippen molar-refractivity contribution in [2.75, 3.05) is 0 Å². The molecule has 0 aromatic heterocycles. The van der Waals surface area contributed by atoms with Gasteiger partial charge in [0.2, 0.25) is 5.91 Å². The highest BCUT2D eigenvalue weighted by molar-refractivity contribution is 5.84. The highest BCUT2D eigenvalue weighted by atomic mass is 16.1. The fourth-order valence-electron chi connectivity index (χ4n) is 2.38. The van der Waals surface area contributed by atoms with Crippen molar-refractivity contribution in [2.45, 2.75) is 38.6 Å². The first kappa shape index (κ1) is 9.52. The molecule has 0 aliphatic heterocycles. The monoisotopic (exact) mass is 170 g/mol. The lowest BCUT2D eigenvalue weighted by Gasteiger charge is -2.37. The number of carbonyl (C=O) groups is 1. The van der Waals surface area contributed by atoms with Crippen molar-refractivity contribution in [1.29, 1.82) is 0 Å². The van der Waals surface area contributed by atoms with Crippen LogP contribution in [-0.4, -0.2) is 11.4 Å². The van der Waals surface area contributed by atoms with Crippen LogP contribution in [0, 0.1) is 11.8 Å². The average Bonchev–Trinajstić information content (AvgIpc) is 1.82. The van der Waals surface area contributed by atoms with E-state index in [2.05, 4.69) is 13.8 Å². The van der Waals surface area contributed by atoms with Gasteiger partial charge in [-0.05, 0) is 31.1 Å². The molecule has 70 valence electrons. The van der Waals surface area contributed by atoms with E-state index in [1.165, 1.54) is 0 Å². The standard InChI is InChI=1S/C9H18N2O/c1-6-3-7(2)5-9(11,4-6)8(10)12/h6-7H,3-5,11H2,1-2H3,(H2,10,12). The summed E-state index contributed by atoms with van der Waals surface area (Å²) in [5.41, 5.74) is 10.4. The number of rotatable bonds is 1. The summed E-state index contributed by atoms with van der Waals surface area (Å²) in [5.74, 6) is 0.693. The van der Waals surface area contributed by atoms with Crippen molar-refractivity contribution in [3.63, 3.8) is 0 Å². The van der Waals surface area contributed by atoms with Gasteiger partial charge in [0.15, 0.2) is 0 Å². The molecular weight excluding hydrogens is 152 g/mol. The molecule has 3 heteroatoms. The summed E-state index contributed by atoms with van der Waals surface area (Å²) in [6.45, 7) is 4.25. The zero-order valence-corrected chi connectivity index (χ0v) is 7.84. The zero-order chi connectivity index (χ0) is 9.35. The van der Waals surface area contributed by atoms with Crippen LogP contribution in [0.5, 0.6) is 0 Å². The van der Waals surface area contributed by atoms with Gasteiger partial charge >= 0.3 is 0 Å². The lowest BCUT2D eigenvalue weighted by Crippen LogP contribution is -2.55. The van der Waals surface area contributed by atoms with Gasteiger partial charge in [0, 0.05) is 0 Å². The maximum Gasteiger partial charge on any atom is 0.237 e. The number of amides is 1. The Bertz CT molecular complexity index is 181. The van der Waals surface area contributed by atoms with Crippen LogP contribution in [0.1, 0.15) is 33.1 Å². The Morgan fingerprint density at radius 3 is 2.08 bits per heavy atom. The molecule has 1 saturated carbocycles. The quantitative estimate of drug-likeness (QED) is 0.606. The summed E-state index contributed by atoms with van der Waals surface area (Å²) in [6.07, 6.45) is 2.64. The number of hydrogen-bond acceptors (Lipinski definition) is 2. The largest absolute Gasteiger partial charge is 0.368 e. The third-order valence-electron chi connectivity index (χ3n) is 2.72. The van der Waals surface area contributed by atoms with Crippen molar-refractivity contribution >= 4 is 5.91 Å². The first-order chi connectivity index (χ1) is 5.44. The highest BCUT2D eigenvalue weighted by Crippen LogP contribution is 2.33. The first-order valence-electron chi connectivity index (χ1n) is 4.53. The smallest absolute Gasteiger partial charge is 0.237 e. The molecule has 1 rings (SSSR count). The summed E-state index contributed by atoms with van der Waals surface area (Å²) in [6, 6.07) is 0. The van der Waals surface area contributed by atoms with Gasteiger partial charge in [-0.25, -0.2) is 0 Å². The topological polar surface area (TPSA) is 69.1 Å². The van der Waals surface area contributed by atoms with Crippen LogP contribution < -0.4 is 11.5 Å². The van der Waals surface area contributed by atoms with Crippen molar-refractivity contribution in [3.05, 3.63) is 0 Å². The number of carbonyl (C=O) groups excluding carboxylic acids is 1. The molecule has 4 N–H and O–H groups in total. The molecule has 1 aliphatic carbocycles. The van der Waals surface area contributed by atoms with Gasteiger partial charge in [-0.1, -0.05) is 13.8 Å². The molecule has 0 radical (unpaired) electrons. The minimum absolute atomic E-state index is 0.346. The van der Waals surface area contributed by atoms with E-state index in [0.717, 1.165) is 19.3 Å². The molecule has 3 nitrogen and oxygen atoms in total. The molecule has 0 spiro atoms. The normalized spacial score (nSPS) is 42.6. The van der Waals surface area contributed by atoms with Crippen LogP contribution in [0.15, 0.2) is 0 Å². The van der Waals surface area contributed by atoms with Crippen LogP contribution in [0.2, 0.25) is 0 Å². The van der Waals surface area contributed by atoms with Gasteiger partial charge in [-0.15, -0.1) is 0 Å². The Hall–Kier alpha value is -0.570. The molecule has 1 fully saturated rings. The van der Waals surface area contributed by atoms with Crippen LogP contribution in [0.4, 0.5) is 0 Å². The van der Waals surface area contributed by atoms with Crippen LogP contribution in [-0.2, 0) is 4.79 Å². The first-order valence-corrected chi connectivity index (χ1v) is 4.53. The van der Waals surface area contributed by atoms with Crippen molar-refractivity contribution in [2.24, 2.45) is 23.3 Å². The van der Waals surface area contributed by atoms with E-state index < -0.39 is 5.54 Å². The molecular formula is C9H18N2O. The molecule has 1 aliphatic rings. The Balaban J connectivity index is 2.71. The Morgan fingerprint density at radius 1 is 1.33 bits per heavy atom. The molecule has 0 aromatic rings. The minimum atomic E-state index is -0.739. The maximum absolute atomic E-state index is 11.1. The molecule has 0 heterocycles. The highest BCUT2D eigenvalue weighted by Gasteiger charge is 2.38. The predicted molar refractivity (Wildman–Crippen MR) is 48.3 cm³/mol. The van der Waals surface area contributed by atoms with Gasteiger partial charge in [0.1, 0.15) is 0 Å². The molecule has 12 heavy (non-hydrogen) atoms. The third-order valence-corrected chi connectivity index (χ3v) is 2.72. The van der Waals surface area contributed by atoms with E-state index in [9.17, 15) is 4.79 Å². The van der Waals surface area contributed by atoms with Gasteiger partial charge < -0.3 is 11.5 Å². The third kappa shape index (κ3) is 1.78. The maximum atomic E-state index is 11.1. The molecule has 0 aromatic carbocycles. The Kier molecular flexibility index (Phi) is 2.42. The fourth-order valence-corrected chi connectivity index (χ4v) is 2.38. The number of nitrogens with two attached hydrogens (primary N) is 2. The Labute approximate surface area is 73.5 Å². The molecule has 2 unspecified atom stereocenters. The van der Waals surface area contributed by atoms with Crippen LogP contribution in [0.3, 0.4) is 0 Å². The summed E-state index contributed by atoms with van der Waals surface area (Å²) >= 11 is 0. The predicted octanol–water partition coefficient (Wildman–Crippen LogP) is 0.625. The SMILES string of the molecule is CC1CC(C)CC(N)(C(N)=O)C1. The van der Waals surface area contributed by atoms with Gasteiger partial charge in [0.25, 0.3) is 0 Å². The minimum Gasteiger partial charge on any atom is -0.368 e. The summed E-state index contributed by atoms with van der Waals surface area (Å²) in [5, 5.41) is 0. The lowest BCUT2D eigenvalue weighted by molar-refractivity contribution is -0.125. The summed E-state index contributed by atoms with van der Waals surface area (Å²) < 4.78 is 0. The van der Waals surface area contributed by atoms with E-state index in [4.69, 9.17) is 11.5 Å². The van der Waals surface area contributed by atoms with Crippen LogP contribution in [0.25, 0.3) is 0 Å². The van der Waals surface area contributed by atoms with E-state index in [1.807, 2.05) is 0 Å². The second-order valence-electron chi connectivity index (χ2n) is 4.37. The molecule has 1 amide bonds. The lowest BCUT2D eigenvalue weighted by atomic mass is 9.72. The van der Waals surface area contributed by atoms with Crippen molar-refractivity contribution < 1.29 is 4.79 Å². The van der Waals surface area contributed by atoms with Gasteiger partial charge in [0.05, 0.1) is 5.54 Å². The van der Waals surface area contributed by atoms with E-state index >= 15 is 0 Å². The second kappa shape index (κ2) is 3.05. The summed E-state index contributed by atoms with van der Waals surface area (Å²) in [7, 11) is 0. The number of primary amides is 1. The van der Waals surface area contributed by atoms with Crippen LogP contribution >= 0.6 is 0 Å². The average molecular weight is 170 g/mol. The van der Waals surface area contributed by atoms with E-state index in [0.29, 0.717) is 11.8 Å². The van der Waals surface area contributed by atoms with Gasteiger partial charge in [-0.3, -0.25) is 4.79 Å². The molecule has 0 bridgehead atoms. The Morgan fingerprint density at radius 2 is 1.75 bits per heavy atom. The van der Waals surface area contributed by atoms with Crippen molar-refractivity contribution in [1.82, 2.24) is 0 Å². The van der Waals surface area contributed by atoms with Gasteiger partial charge in [-0.2, -0.15) is 0 Å². The summed E-state index contributed by atoms with van der Waals surface area (Å²) in [4.78, 5) is 11.1. The van der Waals surface area contributed by atoms with E-state index in [1.54, 1.807) is 0 Å². The fraction of sp³-hybridized carbons (Fsp3) is 0.889.